The molecule has 0 spiro atoms. The Morgan fingerprint density at radius 1 is 1.21 bits per heavy atom. The van der Waals surface area contributed by atoms with E-state index in [0.29, 0.717) is 18.5 Å². The summed E-state index contributed by atoms with van der Waals surface area (Å²) < 4.78 is 1.14. The van der Waals surface area contributed by atoms with Crippen LogP contribution < -0.4 is 5.32 Å². The second-order valence-electron chi connectivity index (χ2n) is 6.03. The van der Waals surface area contributed by atoms with Gasteiger partial charge in [0.1, 0.15) is 0 Å². The van der Waals surface area contributed by atoms with Crippen LogP contribution >= 0.6 is 22.6 Å². The number of rotatable bonds is 4. The van der Waals surface area contributed by atoms with E-state index in [4.69, 9.17) is 0 Å². The van der Waals surface area contributed by atoms with Gasteiger partial charge in [-0.1, -0.05) is 12.1 Å². The minimum atomic E-state index is -0.122. The zero-order chi connectivity index (χ0) is 17.1. The molecule has 4 nitrogen and oxygen atoms in total. The fourth-order valence-corrected chi connectivity index (χ4v) is 3.46. The van der Waals surface area contributed by atoms with Crippen molar-refractivity contribution < 1.29 is 9.59 Å². The quantitative estimate of drug-likeness (QED) is 0.741. The van der Waals surface area contributed by atoms with Gasteiger partial charge in [0.2, 0.25) is 5.91 Å². The first-order chi connectivity index (χ1) is 11.5. The van der Waals surface area contributed by atoms with Crippen LogP contribution in [0.3, 0.4) is 0 Å². The van der Waals surface area contributed by atoms with Crippen molar-refractivity contribution in [3.8, 4) is 0 Å². The van der Waals surface area contributed by atoms with Crippen LogP contribution in [0.5, 0.6) is 0 Å². The molecule has 1 aliphatic heterocycles. The third-order valence-electron chi connectivity index (χ3n) is 4.20. The molecule has 0 aliphatic carbocycles. The van der Waals surface area contributed by atoms with Crippen LogP contribution in [-0.4, -0.2) is 23.3 Å². The molecule has 0 aromatic heterocycles. The van der Waals surface area contributed by atoms with Gasteiger partial charge in [-0.3, -0.25) is 9.59 Å². The lowest BCUT2D eigenvalue weighted by atomic mass is 10.1. The Labute approximate surface area is 155 Å². The van der Waals surface area contributed by atoms with E-state index >= 15 is 0 Å². The Bertz CT molecular complexity index is 771. The number of likely N-dealkylation sites (tertiary alicyclic amines) is 1. The number of benzene rings is 2. The van der Waals surface area contributed by atoms with Crippen LogP contribution in [0, 0.1) is 10.5 Å². The Morgan fingerprint density at radius 2 is 1.96 bits per heavy atom. The normalized spacial score (nSPS) is 14.1. The molecule has 24 heavy (non-hydrogen) atoms. The van der Waals surface area contributed by atoms with Crippen molar-refractivity contribution in [1.29, 1.82) is 0 Å². The second-order valence-corrected chi connectivity index (χ2v) is 7.27. The van der Waals surface area contributed by atoms with E-state index < -0.39 is 0 Å². The molecule has 1 N–H and O–H groups in total. The van der Waals surface area contributed by atoms with Crippen LogP contribution in [0.4, 0.5) is 5.69 Å². The third kappa shape index (κ3) is 3.95. The van der Waals surface area contributed by atoms with Gasteiger partial charge >= 0.3 is 0 Å². The largest absolute Gasteiger partial charge is 0.338 e. The first-order valence-electron chi connectivity index (χ1n) is 7.97. The number of amides is 2. The number of aryl methyl sites for hydroxylation is 1. The maximum Gasteiger partial charge on any atom is 0.255 e. The van der Waals surface area contributed by atoms with Crippen LogP contribution in [0.2, 0.25) is 0 Å². The molecule has 2 amide bonds. The molecule has 1 heterocycles. The van der Waals surface area contributed by atoms with Gasteiger partial charge < -0.3 is 10.2 Å². The number of hydrogen-bond acceptors (Lipinski definition) is 2. The molecule has 0 atom stereocenters. The van der Waals surface area contributed by atoms with Crippen molar-refractivity contribution in [2.45, 2.75) is 26.3 Å². The van der Waals surface area contributed by atoms with Gasteiger partial charge in [-0.05, 0) is 77.4 Å². The number of halogens is 1. The van der Waals surface area contributed by atoms with Gasteiger partial charge in [0.15, 0.2) is 0 Å². The van der Waals surface area contributed by atoms with Gasteiger partial charge in [-0.25, -0.2) is 0 Å². The van der Waals surface area contributed by atoms with Gasteiger partial charge in [-0.2, -0.15) is 0 Å². The van der Waals surface area contributed by atoms with Gasteiger partial charge in [0.05, 0.1) is 0 Å². The summed E-state index contributed by atoms with van der Waals surface area (Å²) in [7, 11) is 0. The summed E-state index contributed by atoms with van der Waals surface area (Å²) in [5.41, 5.74) is 3.53. The number of anilines is 1. The fourth-order valence-electron chi connectivity index (χ4n) is 2.81. The molecule has 0 bridgehead atoms. The zero-order valence-electron chi connectivity index (χ0n) is 13.5. The van der Waals surface area contributed by atoms with E-state index in [1.807, 2.05) is 54.3 Å². The van der Waals surface area contributed by atoms with Gasteiger partial charge in [0, 0.05) is 34.3 Å². The predicted octanol–water partition coefficient (Wildman–Crippen LogP) is 3.97. The van der Waals surface area contributed by atoms with Crippen LogP contribution in [0.1, 0.15) is 34.3 Å². The molecule has 124 valence electrons. The molecular weight excluding hydrogens is 415 g/mol. The maximum absolute atomic E-state index is 12.4. The summed E-state index contributed by atoms with van der Waals surface area (Å²) in [6.45, 7) is 3.43. The van der Waals surface area contributed by atoms with E-state index in [1.54, 1.807) is 0 Å². The van der Waals surface area contributed by atoms with Crippen molar-refractivity contribution in [2.24, 2.45) is 0 Å². The first kappa shape index (κ1) is 17.0. The molecule has 2 aromatic rings. The summed E-state index contributed by atoms with van der Waals surface area (Å²) in [5, 5.41) is 2.95. The van der Waals surface area contributed by atoms with Crippen molar-refractivity contribution in [3.05, 3.63) is 62.7 Å². The van der Waals surface area contributed by atoms with Crippen molar-refractivity contribution >= 4 is 40.1 Å². The molecule has 1 saturated heterocycles. The lowest BCUT2D eigenvalue weighted by Crippen LogP contribution is -2.23. The van der Waals surface area contributed by atoms with E-state index in [9.17, 15) is 9.59 Å². The summed E-state index contributed by atoms with van der Waals surface area (Å²) in [6.07, 6.45) is 1.59. The second kappa shape index (κ2) is 7.34. The fraction of sp³-hybridized carbons (Fsp3) is 0.263. The van der Waals surface area contributed by atoms with E-state index in [1.165, 1.54) is 0 Å². The lowest BCUT2D eigenvalue weighted by molar-refractivity contribution is -0.128. The number of nitrogens with one attached hydrogen (secondary N) is 1. The Kier molecular flexibility index (Phi) is 5.18. The minimum Gasteiger partial charge on any atom is -0.338 e. The van der Waals surface area contributed by atoms with Gasteiger partial charge in [-0.15, -0.1) is 0 Å². The highest BCUT2D eigenvalue weighted by molar-refractivity contribution is 14.1. The molecule has 3 rings (SSSR count). The number of carbonyl (C=O) groups is 2. The van der Waals surface area contributed by atoms with E-state index in [-0.39, 0.29) is 11.8 Å². The van der Waals surface area contributed by atoms with E-state index in [0.717, 1.165) is 33.4 Å². The topological polar surface area (TPSA) is 49.4 Å². The number of nitrogens with zero attached hydrogens (tertiary/aromatic N) is 1. The van der Waals surface area contributed by atoms with Crippen LogP contribution in [-0.2, 0) is 11.3 Å². The Hall–Kier alpha value is -1.89. The summed E-state index contributed by atoms with van der Waals surface area (Å²) >= 11 is 2.25. The molecule has 0 radical (unpaired) electrons. The molecular formula is C19H19IN2O2. The monoisotopic (exact) mass is 434 g/mol. The molecule has 5 heteroatoms. The highest BCUT2D eigenvalue weighted by Gasteiger charge is 2.20. The molecule has 0 unspecified atom stereocenters. The van der Waals surface area contributed by atoms with Gasteiger partial charge in [0.25, 0.3) is 5.91 Å². The highest BCUT2D eigenvalue weighted by atomic mass is 127. The number of hydrogen-bond donors (Lipinski definition) is 1. The summed E-state index contributed by atoms with van der Waals surface area (Å²) in [6, 6.07) is 13.4. The summed E-state index contributed by atoms with van der Waals surface area (Å²) in [4.78, 5) is 25.9. The highest BCUT2D eigenvalue weighted by Crippen LogP contribution is 2.19. The van der Waals surface area contributed by atoms with E-state index in [2.05, 4.69) is 27.9 Å². The third-order valence-corrected chi connectivity index (χ3v) is 4.87. The predicted molar refractivity (Wildman–Crippen MR) is 103 cm³/mol. The minimum absolute atomic E-state index is 0.122. The molecule has 1 fully saturated rings. The smallest absolute Gasteiger partial charge is 0.255 e. The average molecular weight is 434 g/mol. The standard InChI is InChI=1S/C19H19IN2O2/c1-13-11-16(20)8-9-17(13)21-19(24)15-6-4-14(5-7-15)12-22-10-2-3-18(22)23/h4-9,11H,2-3,10,12H2,1H3,(H,21,24). The molecule has 2 aromatic carbocycles. The molecule has 1 aliphatic rings. The Morgan fingerprint density at radius 3 is 2.58 bits per heavy atom. The van der Waals surface area contributed by atoms with Crippen LogP contribution in [0.15, 0.2) is 42.5 Å². The Balaban J connectivity index is 1.66. The number of carbonyl (C=O) groups excluding carboxylic acids is 2. The lowest BCUT2D eigenvalue weighted by Gasteiger charge is -2.15. The zero-order valence-corrected chi connectivity index (χ0v) is 15.7. The van der Waals surface area contributed by atoms with Crippen molar-refractivity contribution in [3.63, 3.8) is 0 Å². The first-order valence-corrected chi connectivity index (χ1v) is 9.05. The molecule has 0 saturated carbocycles. The van der Waals surface area contributed by atoms with Crippen molar-refractivity contribution in [1.82, 2.24) is 4.90 Å². The SMILES string of the molecule is Cc1cc(I)ccc1NC(=O)c1ccc(CN2CCCC2=O)cc1. The average Bonchev–Trinajstić information content (AvgIpc) is 2.96. The summed E-state index contributed by atoms with van der Waals surface area (Å²) in [5.74, 6) is 0.0918. The maximum atomic E-state index is 12.4. The van der Waals surface area contributed by atoms with Crippen molar-refractivity contribution in [2.75, 3.05) is 11.9 Å². The van der Waals surface area contributed by atoms with Crippen LogP contribution in [0.25, 0.3) is 0 Å².